The topological polar surface area (TPSA) is 149 Å². The molecule has 11 heteroatoms. The van der Waals surface area contributed by atoms with Crippen LogP contribution in [-0.4, -0.2) is 46.4 Å². The Balaban J connectivity index is 1.96. The Morgan fingerprint density at radius 3 is 2.21 bits per heavy atom. The first-order chi connectivity index (χ1) is 16.5. The second kappa shape index (κ2) is 9.25. The highest BCUT2D eigenvalue weighted by atomic mass is 16.5. The molecule has 1 aliphatic heterocycles. The normalized spacial score (nSPS) is 15.7. The van der Waals surface area contributed by atoms with Gasteiger partial charge in [0.15, 0.2) is 6.33 Å². The van der Waals surface area contributed by atoms with E-state index < -0.39 is 17.9 Å². The maximum Gasteiger partial charge on any atom is 0.355 e. The van der Waals surface area contributed by atoms with Crippen LogP contribution in [0.15, 0.2) is 83.6 Å². The lowest BCUT2D eigenvalue weighted by atomic mass is 9.81. The number of carbonyl (C=O) groups excluding carboxylic acids is 2. The molecule has 4 rings (SSSR count). The van der Waals surface area contributed by atoms with E-state index in [1.165, 1.54) is 30.2 Å². The van der Waals surface area contributed by atoms with Gasteiger partial charge < -0.3 is 15.2 Å². The summed E-state index contributed by atoms with van der Waals surface area (Å²) in [6.45, 7) is 0. The minimum atomic E-state index is -0.928. The molecular weight excluding hydrogens is 438 g/mol. The summed E-state index contributed by atoms with van der Waals surface area (Å²) in [4.78, 5) is 28.7. The molecular formula is C23H19N7O4. The zero-order chi connectivity index (χ0) is 24.2. The minimum Gasteiger partial charge on any atom is -0.466 e. The summed E-state index contributed by atoms with van der Waals surface area (Å²) in [5, 5.41) is 21.5. The van der Waals surface area contributed by atoms with E-state index in [1.807, 2.05) is 0 Å². The Labute approximate surface area is 194 Å². The predicted molar refractivity (Wildman–Crippen MR) is 119 cm³/mol. The molecule has 0 saturated heterocycles. The van der Waals surface area contributed by atoms with Gasteiger partial charge in [-0.1, -0.05) is 30.3 Å². The number of aromatic nitrogens is 4. The monoisotopic (exact) mass is 457 g/mol. The van der Waals surface area contributed by atoms with Gasteiger partial charge in [-0.2, -0.15) is 5.26 Å². The second-order valence-electron chi connectivity index (χ2n) is 7.08. The number of allylic oxidation sites excluding steroid dienone is 1. The highest BCUT2D eigenvalue weighted by molar-refractivity contribution is 6.06. The van der Waals surface area contributed by atoms with Crippen LogP contribution >= 0.6 is 0 Å². The number of carbonyl (C=O) groups is 2. The molecule has 0 fully saturated rings. The van der Waals surface area contributed by atoms with E-state index in [0.29, 0.717) is 16.9 Å². The number of methoxy groups -OCH3 is 2. The summed E-state index contributed by atoms with van der Waals surface area (Å²) in [7, 11) is 2.39. The summed E-state index contributed by atoms with van der Waals surface area (Å²) < 4.78 is 10.0. The third-order valence-corrected chi connectivity index (χ3v) is 5.30. The Bertz CT molecular complexity index is 1320. The highest BCUT2D eigenvalue weighted by Crippen LogP contribution is 2.43. The molecule has 2 aromatic carbocycles. The molecule has 1 aromatic heterocycles. The van der Waals surface area contributed by atoms with E-state index in [2.05, 4.69) is 21.5 Å². The first-order valence-electron chi connectivity index (χ1n) is 10.0. The Morgan fingerprint density at radius 1 is 1.00 bits per heavy atom. The number of benzene rings is 2. The number of nitriles is 1. The molecule has 0 bridgehead atoms. The van der Waals surface area contributed by atoms with Crippen molar-refractivity contribution in [1.29, 1.82) is 5.26 Å². The molecule has 11 nitrogen and oxygen atoms in total. The van der Waals surface area contributed by atoms with Crippen molar-refractivity contribution >= 4 is 17.6 Å². The van der Waals surface area contributed by atoms with E-state index >= 15 is 0 Å². The van der Waals surface area contributed by atoms with Gasteiger partial charge in [-0.25, -0.2) is 9.59 Å². The van der Waals surface area contributed by atoms with E-state index in [0.717, 1.165) is 0 Å². The predicted octanol–water partition coefficient (Wildman–Crippen LogP) is 1.56. The molecule has 1 unspecified atom stereocenters. The molecule has 0 amide bonds. The van der Waals surface area contributed by atoms with Crippen LogP contribution < -0.4 is 10.6 Å². The van der Waals surface area contributed by atoms with Crippen LogP contribution in [0, 0.1) is 11.3 Å². The molecule has 1 atom stereocenters. The molecule has 0 saturated carbocycles. The molecule has 170 valence electrons. The molecule has 2 heterocycles. The van der Waals surface area contributed by atoms with E-state index in [9.17, 15) is 14.9 Å². The Hall–Kier alpha value is -4.98. The van der Waals surface area contributed by atoms with E-state index in [4.69, 9.17) is 15.2 Å². The largest absolute Gasteiger partial charge is 0.466 e. The zero-order valence-electron chi connectivity index (χ0n) is 18.2. The molecule has 1 aliphatic rings. The summed E-state index contributed by atoms with van der Waals surface area (Å²) in [6, 6.07) is 17.5. The quantitative estimate of drug-likeness (QED) is 0.559. The van der Waals surface area contributed by atoms with Crippen LogP contribution in [-0.2, 0) is 19.1 Å². The zero-order valence-corrected chi connectivity index (χ0v) is 18.2. The minimum absolute atomic E-state index is 0.0176. The fourth-order valence-corrected chi connectivity index (χ4v) is 3.80. The van der Waals surface area contributed by atoms with Gasteiger partial charge in [0.25, 0.3) is 0 Å². The van der Waals surface area contributed by atoms with Crippen molar-refractivity contribution in [3.05, 3.63) is 89.2 Å². The van der Waals surface area contributed by atoms with Crippen molar-refractivity contribution in [3.63, 3.8) is 0 Å². The number of nitrogens with zero attached hydrogens (tertiary/aromatic N) is 6. The Kier molecular flexibility index (Phi) is 6.05. The van der Waals surface area contributed by atoms with Crippen LogP contribution in [0.4, 0.5) is 5.69 Å². The maximum atomic E-state index is 13.0. The summed E-state index contributed by atoms with van der Waals surface area (Å²) in [5.74, 6) is -2.55. The average molecular weight is 457 g/mol. The first-order valence-corrected chi connectivity index (χ1v) is 10.0. The fourth-order valence-electron chi connectivity index (χ4n) is 3.80. The maximum absolute atomic E-state index is 13.0. The summed E-state index contributed by atoms with van der Waals surface area (Å²) in [5.41, 5.74) is 7.93. The molecule has 3 aromatic rings. The van der Waals surface area contributed by atoms with Gasteiger partial charge in [-0.05, 0) is 35.0 Å². The van der Waals surface area contributed by atoms with Crippen molar-refractivity contribution in [2.24, 2.45) is 5.73 Å². The lowest BCUT2D eigenvalue weighted by molar-refractivity contribution is -0.139. The third kappa shape index (κ3) is 3.73. The number of rotatable bonds is 5. The number of tetrazole rings is 1. The molecule has 0 aliphatic carbocycles. The lowest BCUT2D eigenvalue weighted by Gasteiger charge is -2.35. The third-order valence-electron chi connectivity index (χ3n) is 5.30. The first kappa shape index (κ1) is 22.2. The second-order valence-corrected chi connectivity index (χ2v) is 7.08. The van der Waals surface area contributed by atoms with Gasteiger partial charge in [0, 0.05) is 5.69 Å². The number of anilines is 1. The SMILES string of the molecule is COC(=O)C1=C(C(=O)OC)N(c2ccc(-n3ncnn3)cc2)C(N)=C(C#N)C1c1ccccc1. The van der Waals surface area contributed by atoms with Crippen molar-refractivity contribution in [2.75, 3.05) is 19.1 Å². The van der Waals surface area contributed by atoms with Crippen LogP contribution in [0.3, 0.4) is 0 Å². The van der Waals surface area contributed by atoms with Crippen LogP contribution in [0.5, 0.6) is 0 Å². The number of esters is 2. The van der Waals surface area contributed by atoms with Gasteiger partial charge in [-0.15, -0.1) is 15.0 Å². The standard InChI is InChI=1S/C23H19N7O4/c1-33-22(31)19-18(14-6-4-3-5-7-14)17(12-24)21(25)29(20(19)23(32)34-2)15-8-10-16(11-9-15)30-27-13-26-28-30/h3-11,13,18H,25H2,1-2H3. The van der Waals surface area contributed by atoms with Gasteiger partial charge >= 0.3 is 11.9 Å². The number of nitrogens with two attached hydrogens (primary N) is 1. The van der Waals surface area contributed by atoms with Gasteiger partial charge in [0.1, 0.15) is 11.5 Å². The van der Waals surface area contributed by atoms with Gasteiger partial charge in [0.05, 0.1) is 43.0 Å². The van der Waals surface area contributed by atoms with Crippen molar-refractivity contribution in [1.82, 2.24) is 20.2 Å². The number of hydrogen-bond acceptors (Lipinski definition) is 10. The summed E-state index contributed by atoms with van der Waals surface area (Å²) >= 11 is 0. The van der Waals surface area contributed by atoms with Crippen molar-refractivity contribution in [2.45, 2.75) is 5.92 Å². The highest BCUT2D eigenvalue weighted by Gasteiger charge is 2.42. The smallest absolute Gasteiger partial charge is 0.355 e. The van der Waals surface area contributed by atoms with E-state index in [-0.39, 0.29) is 22.7 Å². The molecule has 0 radical (unpaired) electrons. The number of hydrogen-bond donors (Lipinski definition) is 1. The fraction of sp³-hybridized carbons (Fsp3) is 0.130. The van der Waals surface area contributed by atoms with Crippen molar-refractivity contribution in [3.8, 4) is 11.8 Å². The number of ether oxygens (including phenoxy) is 2. The molecule has 0 spiro atoms. The molecule has 2 N–H and O–H groups in total. The lowest BCUT2D eigenvalue weighted by Crippen LogP contribution is -2.40. The van der Waals surface area contributed by atoms with E-state index in [1.54, 1.807) is 54.6 Å². The average Bonchev–Trinajstić information content (AvgIpc) is 3.42. The summed E-state index contributed by atoms with van der Waals surface area (Å²) in [6.07, 6.45) is 1.29. The Morgan fingerprint density at radius 2 is 1.65 bits per heavy atom. The van der Waals surface area contributed by atoms with Crippen LogP contribution in [0.2, 0.25) is 0 Å². The van der Waals surface area contributed by atoms with Gasteiger partial charge in [-0.3, -0.25) is 4.90 Å². The van der Waals surface area contributed by atoms with Crippen molar-refractivity contribution < 1.29 is 19.1 Å². The molecule has 34 heavy (non-hydrogen) atoms. The van der Waals surface area contributed by atoms with Crippen LogP contribution in [0.1, 0.15) is 11.5 Å². The van der Waals surface area contributed by atoms with Gasteiger partial charge in [0.2, 0.25) is 0 Å². The van der Waals surface area contributed by atoms with Crippen LogP contribution in [0.25, 0.3) is 5.69 Å².